The number of nitrogens with zero attached hydrogens (tertiary/aromatic N) is 1. The zero-order valence-corrected chi connectivity index (χ0v) is 12.4. The second-order valence-electron chi connectivity index (χ2n) is 6.56. The van der Waals surface area contributed by atoms with E-state index in [1.807, 2.05) is 0 Å². The van der Waals surface area contributed by atoms with Gasteiger partial charge < -0.3 is 20.6 Å². The fraction of sp³-hybridized carbons (Fsp3) is 0.867. The van der Waals surface area contributed by atoms with Crippen LogP contribution in [0.15, 0.2) is 0 Å². The molecule has 1 aliphatic carbocycles. The highest BCUT2D eigenvalue weighted by atomic mass is 16.4. The van der Waals surface area contributed by atoms with E-state index < -0.39 is 5.97 Å². The minimum Gasteiger partial charge on any atom is -0.481 e. The molecule has 2 heterocycles. The number of hydrogen-bond acceptors (Lipinski definition) is 3. The molecule has 21 heavy (non-hydrogen) atoms. The number of carboxylic acids is 1. The summed E-state index contributed by atoms with van der Waals surface area (Å²) in [4.78, 5) is 25.7. The molecule has 118 valence electrons. The first-order chi connectivity index (χ1) is 10.2. The van der Waals surface area contributed by atoms with Gasteiger partial charge in [-0.1, -0.05) is 12.8 Å². The monoisotopic (exact) mass is 295 g/mol. The molecule has 3 aliphatic rings. The van der Waals surface area contributed by atoms with Crippen LogP contribution in [-0.2, 0) is 4.79 Å². The van der Waals surface area contributed by atoms with Crippen molar-refractivity contribution in [1.29, 1.82) is 0 Å². The van der Waals surface area contributed by atoms with Gasteiger partial charge in [-0.15, -0.1) is 0 Å². The van der Waals surface area contributed by atoms with Crippen molar-refractivity contribution in [2.24, 2.45) is 5.92 Å². The summed E-state index contributed by atoms with van der Waals surface area (Å²) >= 11 is 0. The van der Waals surface area contributed by atoms with Crippen LogP contribution in [0.3, 0.4) is 0 Å². The Morgan fingerprint density at radius 1 is 1.19 bits per heavy atom. The standard InChI is InChI=1S/C15H25N3O3/c19-14(20)9-12-11-3-1-2-4-13(11)18(15(21)17-12)10-5-7-16-8-6-10/h10-13,16H,1-9H2,(H,17,21)(H,19,20). The quantitative estimate of drug-likeness (QED) is 0.730. The maximum atomic E-state index is 12.5. The van der Waals surface area contributed by atoms with Crippen molar-refractivity contribution >= 4 is 12.0 Å². The SMILES string of the molecule is O=C(O)CC1NC(=O)N(C2CCNCC2)C2CCCCC12. The van der Waals surface area contributed by atoms with Gasteiger partial charge >= 0.3 is 12.0 Å². The summed E-state index contributed by atoms with van der Waals surface area (Å²) in [5, 5.41) is 15.4. The first kappa shape index (κ1) is 14.6. The predicted octanol–water partition coefficient (Wildman–Crippen LogP) is 1.17. The Morgan fingerprint density at radius 2 is 1.90 bits per heavy atom. The number of fused-ring (bicyclic) bond motifs is 1. The molecule has 2 aliphatic heterocycles. The smallest absolute Gasteiger partial charge is 0.318 e. The summed E-state index contributed by atoms with van der Waals surface area (Å²) in [7, 11) is 0. The molecule has 1 saturated carbocycles. The molecule has 3 fully saturated rings. The summed E-state index contributed by atoms with van der Waals surface area (Å²) in [5.41, 5.74) is 0. The summed E-state index contributed by atoms with van der Waals surface area (Å²) in [5.74, 6) is -0.526. The number of nitrogens with one attached hydrogen (secondary N) is 2. The number of hydrogen-bond donors (Lipinski definition) is 3. The van der Waals surface area contributed by atoms with Crippen molar-refractivity contribution in [3.63, 3.8) is 0 Å². The minimum absolute atomic E-state index is 0.0451. The predicted molar refractivity (Wildman–Crippen MR) is 78.0 cm³/mol. The van der Waals surface area contributed by atoms with E-state index in [0.717, 1.165) is 51.6 Å². The van der Waals surface area contributed by atoms with E-state index in [2.05, 4.69) is 15.5 Å². The molecule has 2 amide bonds. The molecule has 0 spiro atoms. The summed E-state index contributed by atoms with van der Waals surface area (Å²) in [6, 6.07) is 0.303. The number of amides is 2. The van der Waals surface area contributed by atoms with Gasteiger partial charge in [-0.25, -0.2) is 4.79 Å². The Balaban J connectivity index is 1.78. The number of urea groups is 1. The van der Waals surface area contributed by atoms with E-state index in [9.17, 15) is 9.59 Å². The number of carboxylic acid groups (broad SMARTS) is 1. The fourth-order valence-corrected chi connectivity index (χ4v) is 4.36. The number of carbonyl (C=O) groups is 2. The number of aliphatic carboxylic acids is 1. The lowest BCUT2D eigenvalue weighted by molar-refractivity contribution is -0.138. The van der Waals surface area contributed by atoms with E-state index in [0.29, 0.717) is 12.0 Å². The van der Waals surface area contributed by atoms with Gasteiger partial charge in [0.1, 0.15) is 0 Å². The lowest BCUT2D eigenvalue weighted by Gasteiger charge is -2.51. The van der Waals surface area contributed by atoms with E-state index in [-0.39, 0.29) is 24.5 Å². The largest absolute Gasteiger partial charge is 0.481 e. The molecule has 3 rings (SSSR count). The minimum atomic E-state index is -0.820. The number of piperidine rings is 1. The lowest BCUT2D eigenvalue weighted by atomic mass is 9.75. The maximum Gasteiger partial charge on any atom is 0.318 e. The molecule has 3 atom stereocenters. The number of carbonyl (C=O) groups excluding carboxylic acids is 1. The van der Waals surface area contributed by atoms with Gasteiger partial charge in [0.2, 0.25) is 0 Å². The molecule has 3 unspecified atom stereocenters. The van der Waals surface area contributed by atoms with Crippen LogP contribution in [0.2, 0.25) is 0 Å². The van der Waals surface area contributed by atoms with Crippen LogP contribution < -0.4 is 10.6 Å². The average molecular weight is 295 g/mol. The first-order valence-corrected chi connectivity index (χ1v) is 8.18. The molecule has 0 bridgehead atoms. The van der Waals surface area contributed by atoms with Gasteiger partial charge in [-0.05, 0) is 38.8 Å². The molecule has 2 saturated heterocycles. The molecule has 0 radical (unpaired) electrons. The molecule has 0 aromatic heterocycles. The zero-order valence-electron chi connectivity index (χ0n) is 12.4. The second kappa shape index (κ2) is 6.22. The van der Waals surface area contributed by atoms with E-state index in [1.165, 1.54) is 0 Å². The van der Waals surface area contributed by atoms with Crippen LogP contribution in [0.5, 0.6) is 0 Å². The molecule has 3 N–H and O–H groups in total. The summed E-state index contributed by atoms with van der Waals surface area (Å²) in [6.07, 6.45) is 6.40. The van der Waals surface area contributed by atoms with E-state index >= 15 is 0 Å². The Labute approximate surface area is 125 Å². The summed E-state index contributed by atoms with van der Waals surface area (Å²) < 4.78 is 0. The van der Waals surface area contributed by atoms with Crippen LogP contribution in [0.4, 0.5) is 4.79 Å². The Bertz CT molecular complexity index is 409. The highest BCUT2D eigenvalue weighted by Crippen LogP contribution is 2.37. The van der Waals surface area contributed by atoms with Crippen molar-refractivity contribution in [2.45, 2.75) is 63.1 Å². The van der Waals surface area contributed by atoms with Gasteiger partial charge in [-0.2, -0.15) is 0 Å². The topological polar surface area (TPSA) is 81.7 Å². The third-order valence-corrected chi connectivity index (χ3v) is 5.30. The Morgan fingerprint density at radius 3 is 2.62 bits per heavy atom. The van der Waals surface area contributed by atoms with Gasteiger partial charge in [0.25, 0.3) is 0 Å². The van der Waals surface area contributed by atoms with Gasteiger partial charge in [0.05, 0.1) is 6.42 Å². The lowest BCUT2D eigenvalue weighted by Crippen LogP contribution is -2.66. The van der Waals surface area contributed by atoms with Gasteiger partial charge in [0, 0.05) is 24.0 Å². The van der Waals surface area contributed by atoms with Crippen molar-refractivity contribution in [2.75, 3.05) is 13.1 Å². The van der Waals surface area contributed by atoms with Crippen LogP contribution in [0, 0.1) is 5.92 Å². The maximum absolute atomic E-state index is 12.5. The van der Waals surface area contributed by atoms with Crippen molar-refractivity contribution < 1.29 is 14.7 Å². The zero-order chi connectivity index (χ0) is 14.8. The van der Waals surface area contributed by atoms with E-state index in [1.54, 1.807) is 0 Å². The average Bonchev–Trinajstić information content (AvgIpc) is 2.48. The third-order valence-electron chi connectivity index (χ3n) is 5.30. The van der Waals surface area contributed by atoms with Gasteiger partial charge in [-0.3, -0.25) is 4.79 Å². The molecular formula is C15H25N3O3. The number of rotatable bonds is 3. The van der Waals surface area contributed by atoms with Crippen LogP contribution in [-0.4, -0.2) is 53.2 Å². The first-order valence-electron chi connectivity index (χ1n) is 8.18. The van der Waals surface area contributed by atoms with Crippen LogP contribution in [0.25, 0.3) is 0 Å². The van der Waals surface area contributed by atoms with Crippen molar-refractivity contribution in [3.8, 4) is 0 Å². The van der Waals surface area contributed by atoms with Crippen molar-refractivity contribution in [3.05, 3.63) is 0 Å². The van der Waals surface area contributed by atoms with Gasteiger partial charge in [0.15, 0.2) is 0 Å². The fourth-order valence-electron chi connectivity index (χ4n) is 4.36. The molecule has 0 aromatic rings. The third kappa shape index (κ3) is 3.00. The molecule has 6 nitrogen and oxygen atoms in total. The van der Waals surface area contributed by atoms with Crippen LogP contribution >= 0.6 is 0 Å². The Hall–Kier alpha value is -1.30. The molecule has 6 heteroatoms. The second-order valence-corrected chi connectivity index (χ2v) is 6.56. The highest BCUT2D eigenvalue weighted by Gasteiger charge is 2.45. The summed E-state index contributed by atoms with van der Waals surface area (Å²) in [6.45, 7) is 1.93. The van der Waals surface area contributed by atoms with Crippen LogP contribution in [0.1, 0.15) is 44.9 Å². The normalized spacial score (nSPS) is 34.2. The molecular weight excluding hydrogens is 270 g/mol. The van der Waals surface area contributed by atoms with E-state index in [4.69, 9.17) is 5.11 Å². The van der Waals surface area contributed by atoms with Crippen molar-refractivity contribution in [1.82, 2.24) is 15.5 Å². The Kier molecular flexibility index (Phi) is 4.33. The highest BCUT2D eigenvalue weighted by molar-refractivity contribution is 5.78. The molecule has 0 aromatic carbocycles.